The Morgan fingerprint density at radius 3 is 2.24 bits per heavy atom. The average molecular weight is 235 g/mol. The number of amides is 1. The molecule has 3 heteroatoms. The number of nitrogens with one attached hydrogen (secondary N) is 1. The minimum absolute atomic E-state index is 0.0770. The van der Waals surface area contributed by atoms with Gasteiger partial charge >= 0.3 is 0 Å². The highest BCUT2D eigenvalue weighted by Gasteiger charge is 2.18. The molecule has 0 heterocycles. The molecule has 0 aliphatic carbocycles. The SMILES string of the molecule is CNC(=O)[C@@H](Cc1c(C)cc(C)cc1C)OC. The Morgan fingerprint density at radius 2 is 1.82 bits per heavy atom. The van der Waals surface area contributed by atoms with E-state index in [-0.39, 0.29) is 5.91 Å². The maximum atomic E-state index is 11.6. The van der Waals surface area contributed by atoms with E-state index in [9.17, 15) is 4.79 Å². The Labute approximate surface area is 103 Å². The third kappa shape index (κ3) is 3.30. The first-order chi connectivity index (χ1) is 7.99. The smallest absolute Gasteiger partial charge is 0.249 e. The molecule has 0 aliphatic rings. The second-order valence-electron chi connectivity index (χ2n) is 4.42. The van der Waals surface area contributed by atoms with Crippen molar-refractivity contribution in [3.05, 3.63) is 34.4 Å². The summed E-state index contributed by atoms with van der Waals surface area (Å²) in [5.41, 5.74) is 4.88. The third-order valence-corrected chi connectivity index (χ3v) is 3.05. The molecule has 0 saturated carbocycles. The van der Waals surface area contributed by atoms with Crippen LogP contribution in [0.3, 0.4) is 0 Å². The maximum absolute atomic E-state index is 11.6. The summed E-state index contributed by atoms with van der Waals surface area (Å²) in [5.74, 6) is -0.0770. The summed E-state index contributed by atoms with van der Waals surface area (Å²) in [4.78, 5) is 11.6. The zero-order valence-corrected chi connectivity index (χ0v) is 11.3. The number of benzene rings is 1. The van der Waals surface area contributed by atoms with Crippen LogP contribution in [0.15, 0.2) is 12.1 Å². The molecule has 17 heavy (non-hydrogen) atoms. The van der Waals surface area contributed by atoms with Crippen LogP contribution in [0.1, 0.15) is 22.3 Å². The summed E-state index contributed by atoms with van der Waals surface area (Å²) >= 11 is 0. The Hall–Kier alpha value is -1.35. The molecule has 1 aromatic carbocycles. The van der Waals surface area contributed by atoms with E-state index in [1.807, 2.05) is 0 Å². The molecule has 0 fully saturated rings. The fraction of sp³-hybridized carbons (Fsp3) is 0.500. The molecule has 1 amide bonds. The van der Waals surface area contributed by atoms with Crippen LogP contribution in [-0.2, 0) is 16.0 Å². The van der Waals surface area contributed by atoms with Gasteiger partial charge in [0.2, 0.25) is 5.91 Å². The summed E-state index contributed by atoms with van der Waals surface area (Å²) < 4.78 is 5.24. The molecule has 0 aromatic heterocycles. The van der Waals surface area contributed by atoms with Gasteiger partial charge in [-0.2, -0.15) is 0 Å². The van der Waals surface area contributed by atoms with Crippen LogP contribution in [0.25, 0.3) is 0 Å². The van der Waals surface area contributed by atoms with Crippen LogP contribution in [0.4, 0.5) is 0 Å². The van der Waals surface area contributed by atoms with E-state index in [1.54, 1.807) is 14.2 Å². The van der Waals surface area contributed by atoms with Crippen LogP contribution < -0.4 is 5.32 Å². The first-order valence-electron chi connectivity index (χ1n) is 5.80. The zero-order valence-electron chi connectivity index (χ0n) is 11.3. The number of methoxy groups -OCH3 is 1. The Bertz CT molecular complexity index is 390. The number of ether oxygens (including phenoxy) is 1. The minimum atomic E-state index is -0.417. The van der Waals surface area contributed by atoms with E-state index < -0.39 is 6.10 Å². The van der Waals surface area contributed by atoms with Crippen LogP contribution in [0, 0.1) is 20.8 Å². The molecule has 1 rings (SSSR count). The van der Waals surface area contributed by atoms with Gasteiger partial charge in [-0.25, -0.2) is 0 Å². The van der Waals surface area contributed by atoms with Crippen molar-refractivity contribution in [2.24, 2.45) is 0 Å². The quantitative estimate of drug-likeness (QED) is 0.866. The van der Waals surface area contributed by atoms with Gasteiger partial charge in [-0.1, -0.05) is 17.7 Å². The van der Waals surface area contributed by atoms with E-state index in [0.717, 1.165) is 0 Å². The lowest BCUT2D eigenvalue weighted by Gasteiger charge is -2.17. The molecule has 0 spiro atoms. The first-order valence-corrected chi connectivity index (χ1v) is 5.80. The molecule has 1 atom stereocenters. The van der Waals surface area contributed by atoms with Crippen molar-refractivity contribution in [1.82, 2.24) is 5.32 Å². The van der Waals surface area contributed by atoms with Gasteiger partial charge in [0.05, 0.1) is 0 Å². The van der Waals surface area contributed by atoms with Crippen molar-refractivity contribution >= 4 is 5.91 Å². The van der Waals surface area contributed by atoms with Gasteiger partial charge in [-0.15, -0.1) is 0 Å². The van der Waals surface area contributed by atoms with Crippen molar-refractivity contribution in [3.8, 4) is 0 Å². The van der Waals surface area contributed by atoms with Crippen LogP contribution >= 0.6 is 0 Å². The summed E-state index contributed by atoms with van der Waals surface area (Å²) in [6, 6.07) is 4.28. The molecular weight excluding hydrogens is 214 g/mol. The number of carbonyl (C=O) groups is 1. The monoisotopic (exact) mass is 235 g/mol. The van der Waals surface area contributed by atoms with Crippen LogP contribution in [0.5, 0.6) is 0 Å². The van der Waals surface area contributed by atoms with Gasteiger partial charge in [0.15, 0.2) is 0 Å². The fourth-order valence-electron chi connectivity index (χ4n) is 2.16. The van der Waals surface area contributed by atoms with Gasteiger partial charge in [-0.05, 0) is 37.5 Å². The maximum Gasteiger partial charge on any atom is 0.249 e. The van der Waals surface area contributed by atoms with E-state index >= 15 is 0 Å². The Kier molecular flexibility index (Phi) is 4.70. The van der Waals surface area contributed by atoms with Crippen molar-refractivity contribution in [2.75, 3.05) is 14.2 Å². The molecule has 0 radical (unpaired) electrons. The number of aryl methyl sites for hydroxylation is 3. The molecular formula is C14H21NO2. The molecule has 0 bridgehead atoms. The van der Waals surface area contributed by atoms with E-state index in [4.69, 9.17) is 4.74 Å². The minimum Gasteiger partial charge on any atom is -0.371 e. The number of rotatable bonds is 4. The molecule has 3 nitrogen and oxygen atoms in total. The number of hydrogen-bond donors (Lipinski definition) is 1. The molecule has 0 saturated heterocycles. The molecule has 1 N–H and O–H groups in total. The van der Waals surface area contributed by atoms with Gasteiger partial charge in [0.1, 0.15) is 6.10 Å². The van der Waals surface area contributed by atoms with Crippen molar-refractivity contribution < 1.29 is 9.53 Å². The van der Waals surface area contributed by atoms with Gasteiger partial charge in [0.25, 0.3) is 0 Å². The lowest BCUT2D eigenvalue weighted by atomic mass is 9.95. The van der Waals surface area contributed by atoms with E-state index in [2.05, 4.69) is 38.2 Å². The highest BCUT2D eigenvalue weighted by Crippen LogP contribution is 2.18. The summed E-state index contributed by atoms with van der Waals surface area (Å²) in [6.45, 7) is 6.23. The lowest BCUT2D eigenvalue weighted by Crippen LogP contribution is -2.35. The van der Waals surface area contributed by atoms with E-state index in [0.29, 0.717) is 6.42 Å². The second-order valence-corrected chi connectivity index (χ2v) is 4.42. The summed E-state index contributed by atoms with van der Waals surface area (Å²) in [6.07, 6.45) is 0.203. The van der Waals surface area contributed by atoms with E-state index in [1.165, 1.54) is 22.3 Å². The first kappa shape index (κ1) is 13.7. The predicted molar refractivity (Wildman–Crippen MR) is 69.2 cm³/mol. The van der Waals surface area contributed by atoms with Crippen LogP contribution in [0.2, 0.25) is 0 Å². The number of hydrogen-bond acceptors (Lipinski definition) is 2. The number of carbonyl (C=O) groups excluding carboxylic acids is 1. The molecule has 0 aliphatic heterocycles. The van der Waals surface area contributed by atoms with Crippen molar-refractivity contribution in [1.29, 1.82) is 0 Å². The Morgan fingerprint density at radius 1 is 1.29 bits per heavy atom. The lowest BCUT2D eigenvalue weighted by molar-refractivity contribution is -0.130. The van der Waals surface area contributed by atoms with Crippen molar-refractivity contribution in [3.63, 3.8) is 0 Å². The standard InChI is InChI=1S/C14H21NO2/c1-9-6-10(2)12(11(3)7-9)8-13(17-5)14(16)15-4/h6-7,13H,8H2,1-5H3,(H,15,16)/t13-/m1/s1. The van der Waals surface area contributed by atoms with Crippen molar-refractivity contribution in [2.45, 2.75) is 33.3 Å². The normalized spacial score (nSPS) is 12.3. The predicted octanol–water partition coefficient (Wildman–Crippen LogP) is 1.92. The zero-order chi connectivity index (χ0) is 13.0. The van der Waals surface area contributed by atoms with Gasteiger partial charge in [-0.3, -0.25) is 4.79 Å². The average Bonchev–Trinajstić information content (AvgIpc) is 2.27. The second kappa shape index (κ2) is 5.82. The Balaban J connectivity index is 2.98. The highest BCUT2D eigenvalue weighted by molar-refractivity contribution is 5.80. The summed E-state index contributed by atoms with van der Waals surface area (Å²) in [7, 11) is 3.20. The molecule has 0 unspecified atom stereocenters. The van der Waals surface area contributed by atoms with Crippen LogP contribution in [-0.4, -0.2) is 26.2 Å². The highest BCUT2D eigenvalue weighted by atomic mass is 16.5. The fourth-order valence-corrected chi connectivity index (χ4v) is 2.16. The van der Waals surface area contributed by atoms with Gasteiger partial charge < -0.3 is 10.1 Å². The molecule has 1 aromatic rings. The number of likely N-dealkylation sites (N-methyl/N-ethyl adjacent to an activating group) is 1. The topological polar surface area (TPSA) is 38.3 Å². The molecule has 94 valence electrons. The van der Waals surface area contributed by atoms with Gasteiger partial charge in [0, 0.05) is 20.6 Å². The summed E-state index contributed by atoms with van der Waals surface area (Å²) in [5, 5.41) is 2.62. The third-order valence-electron chi connectivity index (χ3n) is 3.05. The largest absolute Gasteiger partial charge is 0.371 e.